The predicted octanol–water partition coefficient (Wildman–Crippen LogP) is 3.62. The van der Waals surface area contributed by atoms with E-state index >= 15 is 0 Å². The minimum absolute atomic E-state index is 0.0197. The highest BCUT2D eigenvalue weighted by atomic mass is 35.5. The molecule has 1 aliphatic heterocycles. The summed E-state index contributed by atoms with van der Waals surface area (Å²) in [6.45, 7) is 3.10. The normalized spacial score (nSPS) is 16.8. The van der Waals surface area contributed by atoms with Crippen molar-refractivity contribution >= 4 is 46.4 Å². The fourth-order valence-corrected chi connectivity index (χ4v) is 3.58. The highest BCUT2D eigenvalue weighted by Crippen LogP contribution is 2.25. The standard InChI is InChI=1S/C17H17Cl3N4O2/c1-2-15(25)23-6-5-11(9-23)22-13-8-21-24(17(26)16(13)20)14-4-3-10(18)7-12(14)19/h3-4,7-8,11,22H,2,5-6,9H2,1H3. The lowest BCUT2D eigenvalue weighted by Gasteiger charge is -2.18. The lowest BCUT2D eigenvalue weighted by atomic mass is 10.2. The van der Waals surface area contributed by atoms with E-state index < -0.39 is 5.56 Å². The molecule has 3 rings (SSSR count). The number of carbonyl (C=O) groups excluding carboxylic acids is 1. The molecule has 1 atom stereocenters. The number of carbonyl (C=O) groups is 1. The van der Waals surface area contributed by atoms with E-state index in [-0.39, 0.29) is 17.0 Å². The van der Waals surface area contributed by atoms with Crippen LogP contribution >= 0.6 is 34.8 Å². The molecule has 1 unspecified atom stereocenters. The van der Waals surface area contributed by atoms with Gasteiger partial charge in [-0.3, -0.25) is 9.59 Å². The minimum atomic E-state index is -0.486. The van der Waals surface area contributed by atoms with Crippen LogP contribution in [0.4, 0.5) is 5.69 Å². The third-order valence-corrected chi connectivity index (χ3v) is 5.16. The second-order valence-electron chi connectivity index (χ2n) is 6.01. The van der Waals surface area contributed by atoms with Gasteiger partial charge in [0.05, 0.1) is 22.6 Å². The molecule has 9 heteroatoms. The summed E-state index contributed by atoms with van der Waals surface area (Å²) < 4.78 is 1.13. The topological polar surface area (TPSA) is 67.2 Å². The summed E-state index contributed by atoms with van der Waals surface area (Å²) in [6.07, 6.45) is 2.75. The van der Waals surface area contributed by atoms with E-state index in [0.29, 0.717) is 40.9 Å². The molecule has 1 aromatic carbocycles. The Morgan fingerprint density at radius 1 is 1.35 bits per heavy atom. The summed E-state index contributed by atoms with van der Waals surface area (Å²) in [7, 11) is 0. The van der Waals surface area contributed by atoms with Crippen molar-refractivity contribution in [2.45, 2.75) is 25.8 Å². The van der Waals surface area contributed by atoms with Crippen LogP contribution in [0.25, 0.3) is 5.69 Å². The van der Waals surface area contributed by atoms with Crippen molar-refractivity contribution in [2.75, 3.05) is 18.4 Å². The van der Waals surface area contributed by atoms with Gasteiger partial charge in [-0.05, 0) is 24.6 Å². The zero-order chi connectivity index (χ0) is 18.8. The highest BCUT2D eigenvalue weighted by Gasteiger charge is 2.26. The number of aromatic nitrogens is 2. The van der Waals surface area contributed by atoms with E-state index in [2.05, 4.69) is 10.4 Å². The van der Waals surface area contributed by atoms with Crippen molar-refractivity contribution in [3.05, 3.63) is 49.8 Å². The first kappa shape index (κ1) is 19.0. The Balaban J connectivity index is 1.82. The Labute approximate surface area is 165 Å². The number of likely N-dealkylation sites (tertiary alicyclic amines) is 1. The maximum atomic E-state index is 12.6. The molecule has 2 heterocycles. The van der Waals surface area contributed by atoms with Crippen molar-refractivity contribution in [3.8, 4) is 5.69 Å². The van der Waals surface area contributed by atoms with E-state index in [4.69, 9.17) is 34.8 Å². The molecule has 2 aromatic rings. The Morgan fingerprint density at radius 2 is 2.12 bits per heavy atom. The van der Waals surface area contributed by atoms with Gasteiger partial charge in [0.25, 0.3) is 5.56 Å². The van der Waals surface area contributed by atoms with E-state index in [1.54, 1.807) is 17.0 Å². The average Bonchev–Trinajstić information content (AvgIpc) is 3.08. The summed E-state index contributed by atoms with van der Waals surface area (Å²) in [5.41, 5.74) is 0.351. The maximum Gasteiger partial charge on any atom is 0.292 e. The number of rotatable bonds is 4. The monoisotopic (exact) mass is 414 g/mol. The third kappa shape index (κ3) is 3.82. The van der Waals surface area contributed by atoms with Crippen molar-refractivity contribution in [1.82, 2.24) is 14.7 Å². The quantitative estimate of drug-likeness (QED) is 0.828. The van der Waals surface area contributed by atoms with Gasteiger partial charge in [0.15, 0.2) is 0 Å². The number of nitrogens with one attached hydrogen (secondary N) is 1. The summed E-state index contributed by atoms with van der Waals surface area (Å²) >= 11 is 18.3. The molecule has 6 nitrogen and oxygen atoms in total. The molecule has 26 heavy (non-hydrogen) atoms. The lowest BCUT2D eigenvalue weighted by molar-refractivity contribution is -0.129. The molecule has 1 amide bonds. The molecule has 1 saturated heterocycles. The largest absolute Gasteiger partial charge is 0.378 e. The third-order valence-electron chi connectivity index (χ3n) is 4.26. The van der Waals surface area contributed by atoms with Gasteiger partial charge in [-0.2, -0.15) is 9.78 Å². The SMILES string of the molecule is CCC(=O)N1CCC(Nc2cnn(-c3ccc(Cl)cc3Cl)c(=O)c2Cl)C1. The van der Waals surface area contributed by atoms with Crippen LogP contribution < -0.4 is 10.9 Å². The number of anilines is 1. The van der Waals surface area contributed by atoms with E-state index in [9.17, 15) is 9.59 Å². The number of benzene rings is 1. The first-order valence-corrected chi connectivity index (χ1v) is 9.31. The Kier molecular flexibility index (Phi) is 5.75. The summed E-state index contributed by atoms with van der Waals surface area (Å²) in [5, 5.41) is 8.15. The summed E-state index contributed by atoms with van der Waals surface area (Å²) in [4.78, 5) is 26.2. The molecular weight excluding hydrogens is 399 g/mol. The van der Waals surface area contributed by atoms with Crippen LogP contribution in [0.15, 0.2) is 29.2 Å². The van der Waals surface area contributed by atoms with E-state index in [1.807, 2.05) is 6.92 Å². The van der Waals surface area contributed by atoms with Gasteiger partial charge in [-0.15, -0.1) is 0 Å². The zero-order valence-electron chi connectivity index (χ0n) is 14.0. The molecule has 0 aliphatic carbocycles. The molecule has 1 N–H and O–H groups in total. The number of amides is 1. The number of nitrogens with zero attached hydrogens (tertiary/aromatic N) is 3. The molecule has 0 bridgehead atoms. The number of hydrogen-bond donors (Lipinski definition) is 1. The van der Waals surface area contributed by atoms with Crippen LogP contribution in [-0.4, -0.2) is 39.7 Å². The Morgan fingerprint density at radius 3 is 2.81 bits per heavy atom. The van der Waals surface area contributed by atoms with Crippen molar-refractivity contribution in [1.29, 1.82) is 0 Å². The van der Waals surface area contributed by atoms with Gasteiger partial charge in [-0.25, -0.2) is 0 Å². The molecule has 0 radical (unpaired) electrons. The Bertz CT molecular complexity index is 900. The maximum absolute atomic E-state index is 12.6. The van der Waals surface area contributed by atoms with Crippen LogP contribution in [0.2, 0.25) is 15.1 Å². The van der Waals surface area contributed by atoms with Gasteiger partial charge >= 0.3 is 0 Å². The summed E-state index contributed by atoms with van der Waals surface area (Å²) in [5.74, 6) is 0.117. The van der Waals surface area contributed by atoms with Gasteiger partial charge < -0.3 is 10.2 Å². The fourth-order valence-electron chi connectivity index (χ4n) is 2.91. The first-order valence-electron chi connectivity index (χ1n) is 8.18. The van der Waals surface area contributed by atoms with Gasteiger partial charge in [-0.1, -0.05) is 41.7 Å². The fraction of sp³-hybridized carbons (Fsp3) is 0.353. The second kappa shape index (κ2) is 7.86. The summed E-state index contributed by atoms with van der Waals surface area (Å²) in [6, 6.07) is 4.78. The van der Waals surface area contributed by atoms with Crippen LogP contribution in [-0.2, 0) is 4.79 Å². The van der Waals surface area contributed by atoms with Crippen LogP contribution in [0, 0.1) is 0 Å². The van der Waals surface area contributed by atoms with Crippen LogP contribution in [0.5, 0.6) is 0 Å². The van der Waals surface area contributed by atoms with E-state index in [0.717, 1.165) is 11.1 Å². The van der Waals surface area contributed by atoms with Gasteiger partial charge in [0.2, 0.25) is 5.91 Å². The molecule has 0 spiro atoms. The number of hydrogen-bond acceptors (Lipinski definition) is 4. The van der Waals surface area contributed by atoms with Crippen LogP contribution in [0.1, 0.15) is 19.8 Å². The second-order valence-corrected chi connectivity index (χ2v) is 7.23. The highest BCUT2D eigenvalue weighted by molar-refractivity contribution is 6.36. The molecule has 138 valence electrons. The van der Waals surface area contributed by atoms with Gasteiger partial charge in [0.1, 0.15) is 5.02 Å². The molecule has 1 fully saturated rings. The van der Waals surface area contributed by atoms with Crippen molar-refractivity contribution in [2.24, 2.45) is 0 Å². The zero-order valence-corrected chi connectivity index (χ0v) is 16.3. The number of halogens is 3. The van der Waals surface area contributed by atoms with Crippen molar-refractivity contribution in [3.63, 3.8) is 0 Å². The van der Waals surface area contributed by atoms with Gasteiger partial charge in [0, 0.05) is 30.6 Å². The van der Waals surface area contributed by atoms with Crippen LogP contribution in [0.3, 0.4) is 0 Å². The van der Waals surface area contributed by atoms with E-state index in [1.165, 1.54) is 12.3 Å². The van der Waals surface area contributed by atoms with Crippen molar-refractivity contribution < 1.29 is 4.79 Å². The lowest BCUT2D eigenvalue weighted by Crippen LogP contribution is -2.31. The minimum Gasteiger partial charge on any atom is -0.378 e. The molecule has 0 saturated carbocycles. The predicted molar refractivity (Wildman–Crippen MR) is 104 cm³/mol. The average molecular weight is 416 g/mol. The smallest absolute Gasteiger partial charge is 0.292 e. The first-order chi connectivity index (χ1) is 12.4. The molecule has 1 aromatic heterocycles. The molecule has 1 aliphatic rings. The Hall–Kier alpha value is -1.76. The molecular formula is C17H17Cl3N4O2.